The molecule has 0 amide bonds. The summed E-state index contributed by atoms with van der Waals surface area (Å²) in [6, 6.07) is 18.3. The fraction of sp³-hybridized carbons (Fsp3) is 0.361. The number of carbonyl (C=O) groups excluding carboxylic acids is 4. The van der Waals surface area contributed by atoms with E-state index in [-0.39, 0.29) is 23.7 Å². The van der Waals surface area contributed by atoms with E-state index < -0.39 is 29.9 Å². The van der Waals surface area contributed by atoms with Crippen LogP contribution in [-0.2, 0) is 25.7 Å². The zero-order valence-corrected chi connectivity index (χ0v) is 27.5. The van der Waals surface area contributed by atoms with E-state index in [1.165, 1.54) is 0 Å². The number of nitrogens with zero attached hydrogens (tertiary/aromatic N) is 3. The predicted molar refractivity (Wildman–Crippen MR) is 179 cm³/mol. The summed E-state index contributed by atoms with van der Waals surface area (Å²) in [6.07, 6.45) is -1.61. The number of esters is 1. The summed E-state index contributed by atoms with van der Waals surface area (Å²) >= 11 is 0. The van der Waals surface area contributed by atoms with Crippen LogP contribution in [0.25, 0.3) is 21.8 Å². The first-order chi connectivity index (χ1) is 21.9. The maximum absolute atomic E-state index is 13.7. The van der Waals surface area contributed by atoms with Crippen LogP contribution >= 0.6 is 0 Å². The highest BCUT2D eigenvalue weighted by Crippen LogP contribution is 2.32. The van der Waals surface area contributed by atoms with Gasteiger partial charge in [-0.2, -0.15) is 0 Å². The summed E-state index contributed by atoms with van der Waals surface area (Å²) in [6.45, 7) is 15.3. The quantitative estimate of drug-likeness (QED) is 0.0527. The van der Waals surface area contributed by atoms with Crippen LogP contribution in [0.15, 0.2) is 65.8 Å². The zero-order chi connectivity index (χ0) is 33.6. The molecule has 0 bridgehead atoms. The molecule has 0 radical (unpaired) electrons. The second kappa shape index (κ2) is 14.4. The molecule has 10 heteroatoms. The van der Waals surface area contributed by atoms with Crippen molar-refractivity contribution in [3.8, 4) is 0 Å². The van der Waals surface area contributed by atoms with Crippen LogP contribution in [0.1, 0.15) is 81.2 Å². The van der Waals surface area contributed by atoms with Gasteiger partial charge in [0, 0.05) is 63.8 Å². The van der Waals surface area contributed by atoms with E-state index in [9.17, 15) is 19.2 Å². The number of hydrogen-bond donors (Lipinski definition) is 0. The van der Waals surface area contributed by atoms with Crippen molar-refractivity contribution in [3.63, 3.8) is 0 Å². The number of fused-ring (bicyclic) bond motifs is 3. The molecule has 0 N–H and O–H groups in total. The molecule has 4 aromatic rings. The van der Waals surface area contributed by atoms with Crippen LogP contribution in [-0.4, -0.2) is 59.3 Å². The second-order valence-corrected chi connectivity index (χ2v) is 11.7. The van der Waals surface area contributed by atoms with Crippen molar-refractivity contribution in [3.05, 3.63) is 77.4 Å². The minimum absolute atomic E-state index is 0.108. The average molecular weight is 628 g/mol. The fourth-order valence-electron chi connectivity index (χ4n) is 5.34. The van der Waals surface area contributed by atoms with Gasteiger partial charge in [-0.3, -0.25) is 19.2 Å². The maximum atomic E-state index is 13.7. The van der Waals surface area contributed by atoms with E-state index >= 15 is 0 Å². The third-order valence-corrected chi connectivity index (χ3v) is 7.46. The molecule has 10 nitrogen and oxygen atoms in total. The van der Waals surface area contributed by atoms with E-state index in [1.807, 2.05) is 55.5 Å². The number of hydrogen-bond acceptors (Lipinski definition) is 9. The number of anilines is 1. The number of oxime groups is 1. The largest absolute Gasteiger partial charge is 0.535 e. The molecule has 3 aromatic carbocycles. The molecule has 0 saturated heterocycles. The normalized spacial score (nSPS) is 11.8. The molecule has 242 valence electrons. The van der Waals surface area contributed by atoms with Gasteiger partial charge in [0.1, 0.15) is 11.3 Å². The van der Waals surface area contributed by atoms with E-state index in [0.29, 0.717) is 17.7 Å². The highest BCUT2D eigenvalue weighted by atomic mass is 16.8. The number of carbonyl (C=O) groups is 4. The Morgan fingerprint density at radius 3 is 1.89 bits per heavy atom. The summed E-state index contributed by atoms with van der Waals surface area (Å²) in [7, 11) is 0. The summed E-state index contributed by atoms with van der Waals surface area (Å²) in [4.78, 5) is 58.8. The summed E-state index contributed by atoms with van der Waals surface area (Å²) in [5.74, 6) is -1.42. The molecule has 0 aliphatic carbocycles. The first kappa shape index (κ1) is 33.9. The number of ketones is 2. The molecule has 46 heavy (non-hydrogen) atoms. The van der Waals surface area contributed by atoms with Crippen molar-refractivity contribution in [2.75, 3.05) is 24.6 Å². The number of Topliss-reactive ketones (excluding diaryl/α,β-unsaturated/α-hetero) is 1. The van der Waals surface area contributed by atoms with Crippen LogP contribution in [0.4, 0.5) is 10.5 Å². The van der Waals surface area contributed by atoms with Crippen LogP contribution in [0, 0.1) is 0 Å². The van der Waals surface area contributed by atoms with Crippen molar-refractivity contribution in [1.82, 2.24) is 4.57 Å². The monoisotopic (exact) mass is 627 g/mol. The number of aromatic nitrogens is 1. The Kier molecular flexibility index (Phi) is 10.6. The first-order valence-corrected chi connectivity index (χ1v) is 15.5. The molecule has 1 heterocycles. The lowest BCUT2D eigenvalue weighted by atomic mass is 9.99. The second-order valence-electron chi connectivity index (χ2n) is 11.7. The van der Waals surface area contributed by atoms with Gasteiger partial charge in [-0.1, -0.05) is 5.16 Å². The first-order valence-electron chi connectivity index (χ1n) is 15.5. The van der Waals surface area contributed by atoms with Gasteiger partial charge in [0.25, 0.3) is 0 Å². The highest BCUT2D eigenvalue weighted by molar-refractivity contribution is 6.48. The van der Waals surface area contributed by atoms with Gasteiger partial charge in [-0.05, 0) is 109 Å². The molecule has 4 rings (SSSR count). The van der Waals surface area contributed by atoms with Crippen LogP contribution < -0.4 is 4.90 Å². The third-order valence-electron chi connectivity index (χ3n) is 7.46. The Morgan fingerprint density at radius 2 is 1.35 bits per heavy atom. The average Bonchev–Trinajstić information content (AvgIpc) is 3.34. The van der Waals surface area contributed by atoms with Crippen molar-refractivity contribution in [1.29, 1.82) is 0 Å². The topological polar surface area (TPSA) is 116 Å². The Morgan fingerprint density at radius 1 is 0.783 bits per heavy atom. The van der Waals surface area contributed by atoms with Crippen molar-refractivity contribution >= 4 is 56.9 Å². The molecule has 0 atom stereocenters. The van der Waals surface area contributed by atoms with Crippen LogP contribution in [0.5, 0.6) is 0 Å². The van der Waals surface area contributed by atoms with Gasteiger partial charge in [0.2, 0.25) is 5.78 Å². The molecule has 1 aromatic heterocycles. The molecular weight excluding hydrogens is 586 g/mol. The molecule has 0 aliphatic rings. The molecular formula is C36H41N3O7. The number of aryl methyl sites for hydroxylation is 1. The molecule has 0 saturated carbocycles. The number of ether oxygens (including phenoxy) is 2. The fourth-order valence-corrected chi connectivity index (χ4v) is 5.34. The SMILES string of the molecule is CCOC(=O)C/C(=N\OC(=O)OC(C)(C)C)C(=O)c1ccc2c(c1)c1cc(C(=O)c3ccc(N(CC)CC)cc3)ccc1n2CC. The maximum Gasteiger partial charge on any atom is 0.535 e. The Balaban J connectivity index is 1.73. The zero-order valence-electron chi connectivity index (χ0n) is 27.5. The predicted octanol–water partition coefficient (Wildman–Crippen LogP) is 7.34. The molecule has 0 aliphatic heterocycles. The van der Waals surface area contributed by atoms with Crippen molar-refractivity contribution in [2.45, 2.75) is 67.0 Å². The minimum Gasteiger partial charge on any atom is -0.466 e. The number of rotatable bonds is 12. The van der Waals surface area contributed by atoms with Crippen molar-refractivity contribution < 1.29 is 33.5 Å². The molecule has 0 unspecified atom stereocenters. The lowest BCUT2D eigenvalue weighted by molar-refractivity contribution is -0.141. The summed E-state index contributed by atoms with van der Waals surface area (Å²) < 4.78 is 12.2. The van der Waals surface area contributed by atoms with E-state index in [0.717, 1.165) is 40.6 Å². The molecule has 0 spiro atoms. The van der Waals surface area contributed by atoms with E-state index in [4.69, 9.17) is 14.3 Å². The number of benzene rings is 3. The van der Waals surface area contributed by atoms with Crippen LogP contribution in [0.2, 0.25) is 0 Å². The Hall–Kier alpha value is -4.99. The van der Waals surface area contributed by atoms with Gasteiger partial charge in [-0.15, -0.1) is 0 Å². The van der Waals surface area contributed by atoms with E-state index in [2.05, 4.69) is 28.5 Å². The lowest BCUT2D eigenvalue weighted by Gasteiger charge is -2.21. The van der Waals surface area contributed by atoms with Crippen LogP contribution in [0.3, 0.4) is 0 Å². The Labute approximate surface area is 268 Å². The van der Waals surface area contributed by atoms with E-state index in [1.54, 1.807) is 39.8 Å². The van der Waals surface area contributed by atoms with Gasteiger partial charge in [0.05, 0.1) is 13.0 Å². The highest BCUT2D eigenvalue weighted by Gasteiger charge is 2.24. The van der Waals surface area contributed by atoms with Gasteiger partial charge < -0.3 is 18.9 Å². The smallest absolute Gasteiger partial charge is 0.466 e. The van der Waals surface area contributed by atoms with Crippen molar-refractivity contribution in [2.24, 2.45) is 5.16 Å². The standard InChI is InChI=1S/C36H41N3O7/c1-8-38(9-2)26-16-12-23(13-17-26)33(41)24-14-18-30-27(20-24)28-21-25(15-19-31(28)39(30)10-3)34(42)29(22-32(40)44-11-4)37-46-35(43)45-36(5,6)7/h12-21H,8-11,22H2,1-7H3/b37-29+. The van der Waals surface area contributed by atoms with Gasteiger partial charge >= 0.3 is 12.1 Å². The van der Waals surface area contributed by atoms with Gasteiger partial charge in [-0.25, -0.2) is 4.79 Å². The lowest BCUT2D eigenvalue weighted by Crippen LogP contribution is -2.25. The summed E-state index contributed by atoms with van der Waals surface area (Å²) in [5.41, 5.74) is 3.00. The molecule has 0 fully saturated rings. The van der Waals surface area contributed by atoms with Gasteiger partial charge in [0.15, 0.2) is 5.78 Å². The minimum atomic E-state index is -1.11. The third kappa shape index (κ3) is 7.62. The summed E-state index contributed by atoms with van der Waals surface area (Å²) in [5, 5.41) is 5.25. The Bertz CT molecular complexity index is 1790.